The van der Waals surface area contributed by atoms with Gasteiger partial charge in [-0.05, 0) is 54.8 Å². The maximum Gasteiger partial charge on any atom is 0.416 e. The molecular formula is C19H24F3N5OS. The minimum Gasteiger partial charge on any atom is -0.335 e. The molecule has 0 N–H and O–H groups in total. The third-order valence-electron chi connectivity index (χ3n) is 5.28. The lowest BCUT2D eigenvalue weighted by Gasteiger charge is -2.29. The number of alkyl halides is 3. The average Bonchev–Trinajstić information content (AvgIpc) is 3.37. The van der Waals surface area contributed by atoms with Gasteiger partial charge in [0.1, 0.15) is 0 Å². The number of rotatable bonds is 7. The molecule has 1 aromatic heterocycles. The number of aromatic nitrogens is 4. The van der Waals surface area contributed by atoms with Crippen molar-refractivity contribution >= 4 is 17.7 Å². The summed E-state index contributed by atoms with van der Waals surface area (Å²) in [5.74, 6) is -0.0343. The van der Waals surface area contributed by atoms with Crippen LogP contribution in [0.1, 0.15) is 62.7 Å². The second-order valence-corrected chi connectivity index (χ2v) is 8.05. The smallest absolute Gasteiger partial charge is 0.335 e. The lowest BCUT2D eigenvalue weighted by Crippen LogP contribution is -2.35. The summed E-state index contributed by atoms with van der Waals surface area (Å²) in [6.45, 7) is 3.95. The van der Waals surface area contributed by atoms with Crippen LogP contribution in [0.5, 0.6) is 0 Å². The van der Waals surface area contributed by atoms with E-state index in [2.05, 4.69) is 15.5 Å². The van der Waals surface area contributed by atoms with Crippen LogP contribution in [0.3, 0.4) is 0 Å². The minimum absolute atomic E-state index is 0.129. The number of nitrogens with zero attached hydrogens (tertiary/aromatic N) is 5. The third-order valence-corrected chi connectivity index (χ3v) is 6.20. The Morgan fingerprint density at radius 1 is 1.34 bits per heavy atom. The van der Waals surface area contributed by atoms with Gasteiger partial charge in [-0.25, -0.2) is 4.68 Å². The lowest BCUT2D eigenvalue weighted by atomic mass is 10.0. The van der Waals surface area contributed by atoms with Crippen LogP contribution >= 0.6 is 11.8 Å². The number of tetrazole rings is 1. The van der Waals surface area contributed by atoms with E-state index in [1.807, 2.05) is 6.92 Å². The Labute approximate surface area is 171 Å². The third kappa shape index (κ3) is 5.09. The van der Waals surface area contributed by atoms with Crippen LogP contribution in [0.4, 0.5) is 13.2 Å². The molecular weight excluding hydrogens is 403 g/mol. The van der Waals surface area contributed by atoms with Crippen LogP contribution in [-0.4, -0.2) is 43.3 Å². The van der Waals surface area contributed by atoms with Gasteiger partial charge in [0.25, 0.3) is 0 Å². The van der Waals surface area contributed by atoms with Crippen molar-refractivity contribution < 1.29 is 18.0 Å². The van der Waals surface area contributed by atoms with Gasteiger partial charge in [0.15, 0.2) is 0 Å². The fourth-order valence-corrected chi connectivity index (χ4v) is 4.52. The monoisotopic (exact) mass is 427 g/mol. The normalized spacial score (nSPS) is 16.2. The molecule has 1 unspecified atom stereocenters. The fraction of sp³-hybridized carbons (Fsp3) is 0.579. The first kappa shape index (κ1) is 21.6. The van der Waals surface area contributed by atoms with Crippen molar-refractivity contribution in [3.63, 3.8) is 0 Å². The van der Waals surface area contributed by atoms with E-state index in [1.54, 1.807) is 22.6 Å². The topological polar surface area (TPSA) is 63.9 Å². The van der Waals surface area contributed by atoms with Crippen molar-refractivity contribution in [1.29, 1.82) is 0 Å². The summed E-state index contributed by atoms with van der Waals surface area (Å²) >= 11 is 1.27. The van der Waals surface area contributed by atoms with Gasteiger partial charge in [-0.15, -0.1) is 5.10 Å². The number of hydrogen-bond donors (Lipinski definition) is 0. The molecule has 29 heavy (non-hydrogen) atoms. The quantitative estimate of drug-likeness (QED) is 0.609. The number of amides is 1. The van der Waals surface area contributed by atoms with Gasteiger partial charge in [0.05, 0.1) is 23.4 Å². The zero-order valence-electron chi connectivity index (χ0n) is 16.4. The molecule has 2 aromatic rings. The number of thioether (sulfide) groups is 1. The molecule has 0 saturated heterocycles. The lowest BCUT2D eigenvalue weighted by molar-refractivity contribution is -0.137. The van der Waals surface area contributed by atoms with Gasteiger partial charge < -0.3 is 4.90 Å². The number of benzene rings is 1. The van der Waals surface area contributed by atoms with Gasteiger partial charge in [-0.2, -0.15) is 13.2 Å². The molecule has 1 fully saturated rings. The molecule has 158 valence electrons. The van der Waals surface area contributed by atoms with E-state index in [1.165, 1.54) is 17.8 Å². The molecule has 0 aliphatic heterocycles. The molecule has 1 atom stereocenters. The van der Waals surface area contributed by atoms with Crippen molar-refractivity contribution in [3.05, 3.63) is 35.4 Å². The van der Waals surface area contributed by atoms with E-state index >= 15 is 0 Å². The highest BCUT2D eigenvalue weighted by Crippen LogP contribution is 2.33. The summed E-state index contributed by atoms with van der Waals surface area (Å²) in [7, 11) is 0. The second-order valence-electron chi connectivity index (χ2n) is 7.11. The van der Waals surface area contributed by atoms with Crippen molar-refractivity contribution in [1.82, 2.24) is 25.1 Å². The van der Waals surface area contributed by atoms with Crippen molar-refractivity contribution in [2.45, 2.75) is 62.9 Å². The Kier molecular flexibility index (Phi) is 6.81. The molecule has 1 heterocycles. The summed E-state index contributed by atoms with van der Waals surface area (Å²) in [6, 6.07) is 4.93. The molecule has 0 radical (unpaired) electrons. The average molecular weight is 427 g/mol. The molecule has 3 rings (SSSR count). The summed E-state index contributed by atoms with van der Waals surface area (Å²) in [5.41, 5.74) is -0.258. The summed E-state index contributed by atoms with van der Waals surface area (Å²) in [4.78, 5) is 14.4. The first-order valence-corrected chi connectivity index (χ1v) is 10.7. The minimum atomic E-state index is -4.41. The highest BCUT2D eigenvalue weighted by atomic mass is 32.2. The van der Waals surface area contributed by atoms with Gasteiger partial charge in [0.2, 0.25) is 11.1 Å². The summed E-state index contributed by atoms with van der Waals surface area (Å²) < 4.78 is 40.8. The van der Waals surface area contributed by atoms with Gasteiger partial charge in [-0.3, -0.25) is 4.79 Å². The predicted octanol–water partition coefficient (Wildman–Crippen LogP) is 4.51. The summed E-state index contributed by atoms with van der Waals surface area (Å²) in [5, 5.41) is 12.4. The van der Waals surface area contributed by atoms with Crippen LogP contribution in [-0.2, 0) is 11.0 Å². The van der Waals surface area contributed by atoms with Crippen molar-refractivity contribution in [2.75, 3.05) is 12.3 Å². The Morgan fingerprint density at radius 2 is 2.07 bits per heavy atom. The van der Waals surface area contributed by atoms with Crippen LogP contribution < -0.4 is 0 Å². The molecule has 1 aliphatic rings. The number of carbonyl (C=O) groups is 1. The highest BCUT2D eigenvalue weighted by Gasteiger charge is 2.31. The van der Waals surface area contributed by atoms with Crippen LogP contribution in [0.25, 0.3) is 0 Å². The second kappa shape index (κ2) is 9.15. The van der Waals surface area contributed by atoms with E-state index in [4.69, 9.17) is 0 Å². The Bertz CT molecular complexity index is 835. The number of hydrogen-bond acceptors (Lipinski definition) is 5. The van der Waals surface area contributed by atoms with Gasteiger partial charge in [0, 0.05) is 6.54 Å². The number of halogens is 3. The van der Waals surface area contributed by atoms with Gasteiger partial charge >= 0.3 is 6.18 Å². The maximum absolute atomic E-state index is 13.0. The Hall–Kier alpha value is -2.10. The SMILES string of the molecule is CCN(C(=O)CSc1nnnn1C1CCCC1)C(C)c1cccc(C(F)(F)F)c1. The zero-order valence-corrected chi connectivity index (χ0v) is 17.2. The largest absolute Gasteiger partial charge is 0.416 e. The predicted molar refractivity (Wildman–Crippen MR) is 103 cm³/mol. The first-order chi connectivity index (χ1) is 13.8. The molecule has 1 aliphatic carbocycles. The van der Waals surface area contributed by atoms with Crippen molar-refractivity contribution in [2.24, 2.45) is 0 Å². The zero-order chi connectivity index (χ0) is 21.0. The molecule has 10 heteroatoms. The van der Waals surface area contributed by atoms with Crippen LogP contribution in [0.2, 0.25) is 0 Å². The molecule has 1 amide bonds. The van der Waals surface area contributed by atoms with Gasteiger partial charge in [-0.1, -0.05) is 36.7 Å². The number of carbonyl (C=O) groups excluding carboxylic acids is 1. The van der Waals surface area contributed by atoms with E-state index < -0.39 is 17.8 Å². The van der Waals surface area contributed by atoms with E-state index in [0.29, 0.717) is 17.3 Å². The van der Waals surface area contributed by atoms with Crippen molar-refractivity contribution in [3.8, 4) is 0 Å². The molecule has 0 spiro atoms. The standard InChI is InChI=1S/C19H24F3N5OS/c1-3-26(13(2)14-7-6-8-15(11-14)19(20,21)22)17(28)12-29-18-23-24-25-27(18)16-9-4-5-10-16/h6-8,11,13,16H,3-5,9-10,12H2,1-2H3. The molecule has 1 saturated carbocycles. The molecule has 0 bridgehead atoms. The Morgan fingerprint density at radius 3 is 2.72 bits per heavy atom. The van der Waals surface area contributed by atoms with E-state index in [0.717, 1.165) is 37.8 Å². The van der Waals surface area contributed by atoms with Crippen LogP contribution in [0.15, 0.2) is 29.4 Å². The first-order valence-electron chi connectivity index (χ1n) is 9.68. The van der Waals surface area contributed by atoms with E-state index in [9.17, 15) is 18.0 Å². The maximum atomic E-state index is 13.0. The summed E-state index contributed by atoms with van der Waals surface area (Å²) in [6.07, 6.45) is -0.0677. The van der Waals surface area contributed by atoms with E-state index in [-0.39, 0.29) is 17.7 Å². The highest BCUT2D eigenvalue weighted by molar-refractivity contribution is 7.99. The Balaban J connectivity index is 1.67. The fourth-order valence-electron chi connectivity index (χ4n) is 3.69. The van der Waals surface area contributed by atoms with Crippen LogP contribution in [0, 0.1) is 0 Å². The molecule has 6 nitrogen and oxygen atoms in total. The molecule has 1 aromatic carbocycles.